The SMILES string of the molecule is Cc1c(C#N)c(NC(=O)CSc2nnnn2-c2ccccc2)n(-c2cccc(F)c2)c1C. The molecule has 0 unspecified atom stereocenters. The van der Waals surface area contributed by atoms with E-state index in [1.165, 1.54) is 23.9 Å². The molecular weight excluding hydrogens is 429 g/mol. The maximum atomic E-state index is 13.8. The van der Waals surface area contributed by atoms with Gasteiger partial charge in [0.05, 0.1) is 22.7 Å². The number of hydrogen-bond acceptors (Lipinski definition) is 6. The fraction of sp³-hybridized carbons (Fsp3) is 0.136. The van der Waals surface area contributed by atoms with Gasteiger partial charge in [0.25, 0.3) is 0 Å². The molecule has 160 valence electrons. The summed E-state index contributed by atoms with van der Waals surface area (Å²) in [6.45, 7) is 3.61. The first kappa shape index (κ1) is 21.3. The Bertz CT molecular complexity index is 1320. The Morgan fingerprint density at radius 2 is 1.91 bits per heavy atom. The normalized spacial score (nSPS) is 10.7. The molecule has 0 atom stereocenters. The first-order valence-corrected chi connectivity index (χ1v) is 10.6. The maximum Gasteiger partial charge on any atom is 0.236 e. The van der Waals surface area contributed by atoms with Gasteiger partial charge in [-0.05, 0) is 60.2 Å². The lowest BCUT2D eigenvalue weighted by atomic mass is 10.2. The van der Waals surface area contributed by atoms with Gasteiger partial charge in [-0.3, -0.25) is 9.36 Å². The van der Waals surface area contributed by atoms with Crippen molar-refractivity contribution in [2.45, 2.75) is 19.0 Å². The number of nitrogens with zero attached hydrogens (tertiary/aromatic N) is 6. The van der Waals surface area contributed by atoms with E-state index in [0.29, 0.717) is 27.8 Å². The molecule has 0 aliphatic heterocycles. The number of tetrazole rings is 1. The van der Waals surface area contributed by atoms with Gasteiger partial charge in [-0.2, -0.15) is 9.94 Å². The Morgan fingerprint density at radius 1 is 1.16 bits per heavy atom. The van der Waals surface area contributed by atoms with Gasteiger partial charge in [0.1, 0.15) is 17.7 Å². The molecule has 2 heterocycles. The van der Waals surface area contributed by atoms with Crippen molar-refractivity contribution in [3.05, 3.63) is 77.2 Å². The molecule has 10 heteroatoms. The average molecular weight is 447 g/mol. The second-order valence-electron chi connectivity index (χ2n) is 6.91. The molecule has 0 spiro atoms. The Balaban J connectivity index is 1.58. The third kappa shape index (κ3) is 4.10. The second kappa shape index (κ2) is 9.03. The minimum absolute atomic E-state index is 0.0184. The second-order valence-corrected chi connectivity index (χ2v) is 7.85. The molecule has 0 radical (unpaired) electrons. The summed E-state index contributed by atoms with van der Waals surface area (Å²) >= 11 is 1.17. The predicted octanol–water partition coefficient (Wildman–Crippen LogP) is 3.81. The average Bonchev–Trinajstić information content (AvgIpc) is 3.35. The van der Waals surface area contributed by atoms with Crippen LogP contribution in [0.3, 0.4) is 0 Å². The number of thioether (sulfide) groups is 1. The molecule has 0 aliphatic carbocycles. The molecule has 1 amide bonds. The minimum atomic E-state index is -0.410. The highest BCUT2D eigenvalue weighted by molar-refractivity contribution is 7.99. The van der Waals surface area contributed by atoms with Crippen LogP contribution in [0.5, 0.6) is 0 Å². The zero-order valence-corrected chi connectivity index (χ0v) is 18.1. The highest BCUT2D eigenvalue weighted by atomic mass is 32.2. The van der Waals surface area contributed by atoms with Crippen LogP contribution in [0, 0.1) is 31.0 Å². The van der Waals surface area contributed by atoms with Crippen molar-refractivity contribution in [3.8, 4) is 17.4 Å². The van der Waals surface area contributed by atoms with Crippen LogP contribution in [0.4, 0.5) is 10.2 Å². The lowest BCUT2D eigenvalue weighted by Gasteiger charge is -2.13. The lowest BCUT2D eigenvalue weighted by Crippen LogP contribution is -2.18. The van der Waals surface area contributed by atoms with Crippen LogP contribution >= 0.6 is 11.8 Å². The quantitative estimate of drug-likeness (QED) is 0.451. The topological polar surface area (TPSA) is 101 Å². The number of halogens is 1. The zero-order valence-electron chi connectivity index (χ0n) is 17.3. The number of hydrogen-bond donors (Lipinski definition) is 1. The van der Waals surface area contributed by atoms with E-state index in [4.69, 9.17) is 0 Å². The van der Waals surface area contributed by atoms with Crippen molar-refractivity contribution >= 4 is 23.5 Å². The number of carbonyl (C=O) groups is 1. The fourth-order valence-corrected chi connectivity index (χ4v) is 3.99. The lowest BCUT2D eigenvalue weighted by molar-refractivity contribution is -0.113. The number of aromatic nitrogens is 5. The predicted molar refractivity (Wildman–Crippen MR) is 118 cm³/mol. The zero-order chi connectivity index (χ0) is 22.7. The van der Waals surface area contributed by atoms with Gasteiger partial charge >= 0.3 is 0 Å². The van der Waals surface area contributed by atoms with Crippen LogP contribution in [-0.4, -0.2) is 36.4 Å². The number of benzene rings is 2. The van der Waals surface area contributed by atoms with Crippen LogP contribution in [0.1, 0.15) is 16.8 Å². The van der Waals surface area contributed by atoms with Crippen LogP contribution in [0.25, 0.3) is 11.4 Å². The third-order valence-electron chi connectivity index (χ3n) is 4.92. The molecule has 0 aliphatic rings. The van der Waals surface area contributed by atoms with Crippen molar-refractivity contribution in [3.63, 3.8) is 0 Å². The molecule has 8 nitrogen and oxygen atoms in total. The number of amides is 1. The number of rotatable bonds is 6. The van der Waals surface area contributed by atoms with Crippen molar-refractivity contribution in [2.75, 3.05) is 11.1 Å². The summed E-state index contributed by atoms with van der Waals surface area (Å²) in [5.41, 5.74) is 3.08. The fourth-order valence-electron chi connectivity index (χ4n) is 3.30. The summed E-state index contributed by atoms with van der Waals surface area (Å²) in [5, 5.41) is 24.6. The largest absolute Gasteiger partial charge is 0.310 e. The first-order chi connectivity index (χ1) is 15.5. The number of para-hydroxylation sites is 1. The van der Waals surface area contributed by atoms with Crippen molar-refractivity contribution < 1.29 is 9.18 Å². The Morgan fingerprint density at radius 3 is 2.62 bits per heavy atom. The highest BCUT2D eigenvalue weighted by Gasteiger charge is 2.21. The molecule has 2 aromatic heterocycles. The van der Waals surface area contributed by atoms with Crippen molar-refractivity contribution in [2.24, 2.45) is 0 Å². The van der Waals surface area contributed by atoms with E-state index >= 15 is 0 Å². The number of nitrogens with one attached hydrogen (secondary N) is 1. The van der Waals surface area contributed by atoms with Gasteiger partial charge in [0, 0.05) is 5.69 Å². The van der Waals surface area contributed by atoms with Gasteiger partial charge in [0.2, 0.25) is 11.1 Å². The van der Waals surface area contributed by atoms with Crippen LogP contribution < -0.4 is 5.32 Å². The number of nitriles is 1. The summed E-state index contributed by atoms with van der Waals surface area (Å²) < 4.78 is 17.1. The third-order valence-corrected chi connectivity index (χ3v) is 5.84. The molecule has 32 heavy (non-hydrogen) atoms. The summed E-state index contributed by atoms with van der Waals surface area (Å²) in [6, 6.07) is 17.5. The van der Waals surface area contributed by atoms with Gasteiger partial charge in [-0.15, -0.1) is 5.10 Å². The van der Waals surface area contributed by atoms with Gasteiger partial charge in [-0.1, -0.05) is 36.0 Å². The number of anilines is 1. The molecule has 0 saturated heterocycles. The summed E-state index contributed by atoms with van der Waals surface area (Å²) in [6.07, 6.45) is 0. The van der Waals surface area contributed by atoms with E-state index in [1.54, 1.807) is 28.3 Å². The summed E-state index contributed by atoms with van der Waals surface area (Å²) in [4.78, 5) is 12.8. The smallest absolute Gasteiger partial charge is 0.236 e. The molecule has 0 saturated carbocycles. The van der Waals surface area contributed by atoms with E-state index < -0.39 is 5.82 Å². The standard InChI is InChI=1S/C22H18FN7OS/c1-14-15(2)29(18-10-6-7-16(23)11-18)21(19(14)12-24)25-20(31)13-32-22-26-27-28-30(22)17-8-4-3-5-9-17/h3-11H,13H2,1-2H3,(H,25,31). The molecule has 4 aromatic rings. The van der Waals surface area contributed by atoms with Crippen LogP contribution in [0.15, 0.2) is 59.8 Å². The van der Waals surface area contributed by atoms with Crippen LogP contribution in [0.2, 0.25) is 0 Å². The molecular formula is C22H18FN7OS. The molecule has 1 N–H and O–H groups in total. The first-order valence-electron chi connectivity index (χ1n) is 9.64. The highest BCUT2D eigenvalue weighted by Crippen LogP contribution is 2.30. The minimum Gasteiger partial charge on any atom is -0.310 e. The van der Waals surface area contributed by atoms with Gasteiger partial charge in [-0.25, -0.2) is 4.39 Å². The van der Waals surface area contributed by atoms with E-state index in [9.17, 15) is 14.4 Å². The molecule has 0 bridgehead atoms. The van der Waals surface area contributed by atoms with E-state index in [1.807, 2.05) is 37.3 Å². The Labute approximate surface area is 187 Å². The number of carbonyl (C=O) groups excluding carboxylic acids is 1. The summed E-state index contributed by atoms with van der Waals surface area (Å²) in [7, 11) is 0. The van der Waals surface area contributed by atoms with E-state index in [-0.39, 0.29) is 11.7 Å². The van der Waals surface area contributed by atoms with E-state index in [2.05, 4.69) is 26.9 Å². The van der Waals surface area contributed by atoms with Crippen molar-refractivity contribution in [1.82, 2.24) is 24.8 Å². The Kier molecular flexibility index (Phi) is 6.00. The molecule has 0 fully saturated rings. The van der Waals surface area contributed by atoms with Crippen molar-refractivity contribution in [1.29, 1.82) is 5.26 Å². The Hall–Kier alpha value is -3.97. The van der Waals surface area contributed by atoms with E-state index in [0.717, 1.165) is 11.4 Å². The molecule has 4 rings (SSSR count). The van der Waals surface area contributed by atoms with Gasteiger partial charge < -0.3 is 5.32 Å². The van der Waals surface area contributed by atoms with Gasteiger partial charge in [0.15, 0.2) is 0 Å². The van der Waals surface area contributed by atoms with Crippen LogP contribution in [-0.2, 0) is 4.79 Å². The summed E-state index contributed by atoms with van der Waals surface area (Å²) in [5.74, 6) is -0.428. The molecule has 2 aromatic carbocycles. The maximum absolute atomic E-state index is 13.8. The monoisotopic (exact) mass is 447 g/mol.